The van der Waals surface area contributed by atoms with E-state index >= 15 is 0 Å². The van der Waals surface area contributed by atoms with Crippen molar-refractivity contribution in [3.63, 3.8) is 0 Å². The van der Waals surface area contributed by atoms with Crippen LogP contribution < -0.4 is 10.6 Å². The van der Waals surface area contributed by atoms with Gasteiger partial charge in [0.25, 0.3) is 0 Å². The number of unbranched alkanes of at least 4 members (excludes halogenated alkanes) is 2. The minimum absolute atomic E-state index is 0.167. The highest BCUT2D eigenvalue weighted by Crippen LogP contribution is 2.06. The fourth-order valence-corrected chi connectivity index (χ4v) is 1.87. The third kappa shape index (κ3) is 5.74. The summed E-state index contributed by atoms with van der Waals surface area (Å²) < 4.78 is 0. The van der Waals surface area contributed by atoms with Gasteiger partial charge in [0, 0.05) is 25.6 Å². The number of hydrogen-bond acceptors (Lipinski definition) is 3. The third-order valence-corrected chi connectivity index (χ3v) is 2.75. The molecule has 4 nitrogen and oxygen atoms in total. The van der Waals surface area contributed by atoms with E-state index in [0.29, 0.717) is 12.5 Å². The Morgan fingerprint density at radius 1 is 1.40 bits per heavy atom. The Hall–Kier alpha value is -0.610. The number of amides is 1. The molecule has 0 aromatic carbocycles. The molecule has 0 radical (unpaired) electrons. The van der Waals surface area contributed by atoms with Crippen LogP contribution in [0.3, 0.4) is 0 Å². The van der Waals surface area contributed by atoms with Crippen LogP contribution in [0.25, 0.3) is 0 Å². The summed E-state index contributed by atoms with van der Waals surface area (Å²) in [6.45, 7) is 2.06. The first kappa shape index (κ1) is 12.5. The Morgan fingerprint density at radius 2 is 2.27 bits per heavy atom. The summed E-state index contributed by atoms with van der Waals surface area (Å²) in [6, 6.07) is 0.349. The van der Waals surface area contributed by atoms with Gasteiger partial charge in [0.05, 0.1) is 0 Å². The van der Waals surface area contributed by atoms with Gasteiger partial charge < -0.3 is 15.7 Å². The van der Waals surface area contributed by atoms with Crippen LogP contribution in [0.1, 0.15) is 38.5 Å². The topological polar surface area (TPSA) is 61.4 Å². The summed E-state index contributed by atoms with van der Waals surface area (Å²) in [5, 5.41) is 14.9. The van der Waals surface area contributed by atoms with Gasteiger partial charge in [-0.1, -0.05) is 0 Å². The van der Waals surface area contributed by atoms with Crippen molar-refractivity contribution in [1.82, 2.24) is 10.6 Å². The highest BCUT2D eigenvalue weighted by atomic mass is 16.2. The summed E-state index contributed by atoms with van der Waals surface area (Å²) >= 11 is 0. The first-order valence-electron chi connectivity index (χ1n) is 5.94. The molecule has 15 heavy (non-hydrogen) atoms. The normalized spacial score (nSPS) is 22.2. The van der Waals surface area contributed by atoms with Crippen LogP contribution in [-0.4, -0.2) is 36.8 Å². The molecule has 0 spiro atoms. The monoisotopic (exact) mass is 214 g/mol. The molecule has 88 valence electrons. The molecule has 1 unspecified atom stereocenters. The second kappa shape index (κ2) is 7.65. The second-order valence-corrected chi connectivity index (χ2v) is 4.13. The largest absolute Gasteiger partial charge is 0.396 e. The van der Waals surface area contributed by atoms with Crippen molar-refractivity contribution < 1.29 is 9.90 Å². The molecule has 0 aromatic heterocycles. The summed E-state index contributed by atoms with van der Waals surface area (Å²) in [7, 11) is 0. The summed E-state index contributed by atoms with van der Waals surface area (Å²) in [4.78, 5) is 11.2. The molecule has 1 aliphatic heterocycles. The van der Waals surface area contributed by atoms with Gasteiger partial charge in [-0.2, -0.15) is 0 Å². The minimum Gasteiger partial charge on any atom is -0.396 e. The number of carbonyl (C=O) groups is 1. The van der Waals surface area contributed by atoms with E-state index in [1.54, 1.807) is 0 Å². The Morgan fingerprint density at radius 3 is 3.07 bits per heavy atom. The van der Waals surface area contributed by atoms with E-state index < -0.39 is 0 Å². The Labute approximate surface area is 91.4 Å². The van der Waals surface area contributed by atoms with Gasteiger partial charge >= 0.3 is 0 Å². The molecule has 1 heterocycles. The van der Waals surface area contributed by atoms with Crippen LogP contribution >= 0.6 is 0 Å². The molecule has 0 saturated carbocycles. The van der Waals surface area contributed by atoms with E-state index in [4.69, 9.17) is 5.11 Å². The Kier molecular flexibility index (Phi) is 6.36. The van der Waals surface area contributed by atoms with Crippen molar-refractivity contribution in [3.05, 3.63) is 0 Å². The van der Waals surface area contributed by atoms with Crippen LogP contribution in [0.5, 0.6) is 0 Å². The molecular formula is C11H22N2O2. The lowest BCUT2D eigenvalue weighted by Crippen LogP contribution is -2.33. The lowest BCUT2D eigenvalue weighted by molar-refractivity contribution is -0.121. The van der Waals surface area contributed by atoms with Gasteiger partial charge in [0.15, 0.2) is 0 Å². The number of hydrogen-bond donors (Lipinski definition) is 3. The van der Waals surface area contributed by atoms with E-state index in [1.807, 2.05) is 0 Å². The molecule has 1 rings (SSSR count). The van der Waals surface area contributed by atoms with E-state index in [0.717, 1.165) is 45.2 Å². The first-order valence-corrected chi connectivity index (χ1v) is 5.94. The zero-order valence-electron chi connectivity index (χ0n) is 9.30. The fourth-order valence-electron chi connectivity index (χ4n) is 1.87. The third-order valence-electron chi connectivity index (χ3n) is 2.75. The van der Waals surface area contributed by atoms with Crippen molar-refractivity contribution in [2.75, 3.05) is 19.7 Å². The van der Waals surface area contributed by atoms with Crippen molar-refractivity contribution in [1.29, 1.82) is 0 Å². The SMILES string of the molecule is O=C1CC(NCCCCCO)CCCN1. The molecule has 0 bridgehead atoms. The quantitative estimate of drug-likeness (QED) is 0.561. The van der Waals surface area contributed by atoms with E-state index in [1.165, 1.54) is 0 Å². The number of carbonyl (C=O) groups excluding carboxylic acids is 1. The molecule has 4 heteroatoms. The molecule has 1 atom stereocenters. The first-order chi connectivity index (χ1) is 7.33. The fraction of sp³-hybridized carbons (Fsp3) is 0.909. The number of nitrogens with one attached hydrogen (secondary N) is 2. The molecule has 1 aliphatic rings. The van der Waals surface area contributed by atoms with Crippen molar-refractivity contribution >= 4 is 5.91 Å². The Balaban J connectivity index is 2.06. The van der Waals surface area contributed by atoms with E-state index in [2.05, 4.69) is 10.6 Å². The molecule has 3 N–H and O–H groups in total. The number of rotatable bonds is 6. The lowest BCUT2D eigenvalue weighted by Gasteiger charge is -2.14. The zero-order valence-corrected chi connectivity index (χ0v) is 9.30. The molecule has 1 saturated heterocycles. The summed E-state index contributed by atoms with van der Waals surface area (Å²) in [5.41, 5.74) is 0. The Bertz CT molecular complexity index is 185. The molecule has 0 aromatic rings. The smallest absolute Gasteiger partial charge is 0.221 e. The van der Waals surface area contributed by atoms with E-state index in [-0.39, 0.29) is 12.5 Å². The summed E-state index contributed by atoms with van der Waals surface area (Å²) in [6.07, 6.45) is 5.78. The van der Waals surface area contributed by atoms with E-state index in [9.17, 15) is 4.79 Å². The molecule has 0 aliphatic carbocycles. The lowest BCUT2D eigenvalue weighted by atomic mass is 10.1. The average molecular weight is 214 g/mol. The number of aliphatic hydroxyl groups is 1. The molecular weight excluding hydrogens is 192 g/mol. The number of aliphatic hydroxyl groups excluding tert-OH is 1. The molecule has 1 amide bonds. The summed E-state index contributed by atoms with van der Waals surface area (Å²) in [5.74, 6) is 0.167. The van der Waals surface area contributed by atoms with Gasteiger partial charge in [-0.05, 0) is 38.6 Å². The van der Waals surface area contributed by atoms with Gasteiger partial charge in [-0.25, -0.2) is 0 Å². The van der Waals surface area contributed by atoms with Crippen LogP contribution in [0.15, 0.2) is 0 Å². The van der Waals surface area contributed by atoms with Crippen LogP contribution in [0.2, 0.25) is 0 Å². The van der Waals surface area contributed by atoms with Crippen molar-refractivity contribution in [2.24, 2.45) is 0 Å². The maximum absolute atomic E-state index is 11.2. The maximum Gasteiger partial charge on any atom is 0.221 e. The van der Waals surface area contributed by atoms with Crippen LogP contribution in [-0.2, 0) is 4.79 Å². The highest BCUT2D eigenvalue weighted by Gasteiger charge is 2.15. The predicted molar refractivity (Wildman–Crippen MR) is 59.6 cm³/mol. The molecule has 1 fully saturated rings. The average Bonchev–Trinajstić information content (AvgIpc) is 2.43. The maximum atomic E-state index is 11.2. The van der Waals surface area contributed by atoms with Crippen molar-refractivity contribution in [3.8, 4) is 0 Å². The second-order valence-electron chi connectivity index (χ2n) is 4.13. The van der Waals surface area contributed by atoms with Gasteiger partial charge in [0.1, 0.15) is 0 Å². The highest BCUT2D eigenvalue weighted by molar-refractivity contribution is 5.76. The van der Waals surface area contributed by atoms with Crippen LogP contribution in [0.4, 0.5) is 0 Å². The van der Waals surface area contributed by atoms with Crippen molar-refractivity contribution in [2.45, 2.75) is 44.6 Å². The van der Waals surface area contributed by atoms with Gasteiger partial charge in [-0.3, -0.25) is 4.79 Å². The van der Waals surface area contributed by atoms with Crippen LogP contribution in [0, 0.1) is 0 Å². The predicted octanol–water partition coefficient (Wildman–Crippen LogP) is 0.407. The standard InChI is InChI=1S/C11H22N2O2/c14-8-3-1-2-6-12-10-5-4-7-13-11(15)9-10/h10,12,14H,1-9H2,(H,13,15). The minimum atomic E-state index is 0.167. The van der Waals surface area contributed by atoms with Gasteiger partial charge in [0.2, 0.25) is 5.91 Å². The van der Waals surface area contributed by atoms with Gasteiger partial charge in [-0.15, -0.1) is 0 Å². The zero-order chi connectivity index (χ0) is 10.9.